The van der Waals surface area contributed by atoms with Gasteiger partial charge in [-0.1, -0.05) is 36.7 Å². The second-order valence-electron chi connectivity index (χ2n) is 6.09. The zero-order valence-electron chi connectivity index (χ0n) is 12.2. The van der Waals surface area contributed by atoms with Crippen molar-refractivity contribution in [3.05, 3.63) is 28.2 Å². The van der Waals surface area contributed by atoms with E-state index in [4.69, 9.17) is 0 Å². The molecular formula is C15H24BrNO. The monoisotopic (exact) mass is 313 g/mol. The molecule has 0 saturated heterocycles. The van der Waals surface area contributed by atoms with Gasteiger partial charge in [-0.05, 0) is 44.5 Å². The highest BCUT2D eigenvalue weighted by Gasteiger charge is 2.28. The van der Waals surface area contributed by atoms with E-state index in [9.17, 15) is 5.11 Å². The lowest BCUT2D eigenvalue weighted by Crippen LogP contribution is -2.40. The molecule has 0 aliphatic carbocycles. The van der Waals surface area contributed by atoms with Gasteiger partial charge >= 0.3 is 0 Å². The Morgan fingerprint density at radius 1 is 1.22 bits per heavy atom. The molecule has 0 saturated carbocycles. The quantitative estimate of drug-likeness (QED) is 0.882. The third-order valence-corrected chi connectivity index (χ3v) is 4.41. The van der Waals surface area contributed by atoms with Gasteiger partial charge in [0.2, 0.25) is 0 Å². The van der Waals surface area contributed by atoms with E-state index in [-0.39, 0.29) is 11.5 Å². The van der Waals surface area contributed by atoms with Gasteiger partial charge in [0.15, 0.2) is 0 Å². The molecule has 2 nitrogen and oxygen atoms in total. The normalized spacial score (nSPS) is 15.8. The molecule has 102 valence electrons. The fraction of sp³-hybridized carbons (Fsp3) is 0.600. The Balaban J connectivity index is 2.99. The molecule has 0 bridgehead atoms. The van der Waals surface area contributed by atoms with Crippen molar-refractivity contribution in [3.63, 3.8) is 0 Å². The summed E-state index contributed by atoms with van der Waals surface area (Å²) in [7, 11) is 2.11. The Bertz CT molecular complexity index is 411. The lowest BCUT2D eigenvalue weighted by Gasteiger charge is -2.39. The van der Waals surface area contributed by atoms with Crippen molar-refractivity contribution in [2.45, 2.75) is 46.7 Å². The summed E-state index contributed by atoms with van der Waals surface area (Å²) in [4.78, 5) is 2.31. The van der Waals surface area contributed by atoms with Crippen LogP contribution in [-0.4, -0.2) is 23.1 Å². The zero-order valence-corrected chi connectivity index (χ0v) is 13.7. The molecule has 0 radical (unpaired) electrons. The largest absolute Gasteiger partial charge is 0.508 e. The summed E-state index contributed by atoms with van der Waals surface area (Å²) in [6.45, 7) is 11.1. The topological polar surface area (TPSA) is 23.5 Å². The van der Waals surface area contributed by atoms with E-state index in [1.54, 1.807) is 6.07 Å². The number of rotatable bonds is 3. The number of phenolic OH excluding ortho intramolecular Hbond substituents is 1. The van der Waals surface area contributed by atoms with E-state index in [0.717, 1.165) is 10.0 Å². The van der Waals surface area contributed by atoms with Crippen molar-refractivity contribution < 1.29 is 5.11 Å². The molecule has 2 atom stereocenters. The first-order chi connectivity index (χ1) is 8.14. The summed E-state index contributed by atoms with van der Waals surface area (Å²) in [6, 6.07) is 6.19. The third-order valence-electron chi connectivity index (χ3n) is 3.91. The molecule has 0 fully saturated rings. The number of halogens is 1. The van der Waals surface area contributed by atoms with Gasteiger partial charge in [0.05, 0.1) is 0 Å². The second kappa shape index (κ2) is 5.62. The van der Waals surface area contributed by atoms with E-state index in [0.29, 0.717) is 11.8 Å². The van der Waals surface area contributed by atoms with Crippen molar-refractivity contribution in [3.8, 4) is 5.75 Å². The molecule has 18 heavy (non-hydrogen) atoms. The molecule has 1 aromatic rings. The molecule has 3 heteroatoms. The van der Waals surface area contributed by atoms with Gasteiger partial charge in [-0.2, -0.15) is 0 Å². The first kappa shape index (κ1) is 15.5. The van der Waals surface area contributed by atoms with Crippen LogP contribution in [0.1, 0.15) is 46.2 Å². The molecule has 0 aromatic heterocycles. The van der Waals surface area contributed by atoms with Crippen LogP contribution >= 0.6 is 15.9 Å². The molecule has 0 amide bonds. The highest BCUT2D eigenvalue weighted by atomic mass is 79.9. The Morgan fingerprint density at radius 3 is 2.28 bits per heavy atom. The summed E-state index contributed by atoms with van der Waals surface area (Å²) in [5, 5.41) is 9.99. The molecule has 0 aliphatic heterocycles. The SMILES string of the molecule is CC(c1cc(Br)ccc1O)N(C)C(C)C(C)(C)C. The van der Waals surface area contributed by atoms with Gasteiger partial charge in [-0.15, -0.1) is 0 Å². The van der Waals surface area contributed by atoms with Crippen LogP contribution in [0.15, 0.2) is 22.7 Å². The van der Waals surface area contributed by atoms with Gasteiger partial charge in [0.25, 0.3) is 0 Å². The molecule has 1 aromatic carbocycles. The molecule has 1 N–H and O–H groups in total. The van der Waals surface area contributed by atoms with Crippen molar-refractivity contribution in [2.75, 3.05) is 7.05 Å². The lowest BCUT2D eigenvalue weighted by molar-refractivity contribution is 0.103. The van der Waals surface area contributed by atoms with E-state index in [2.05, 4.69) is 62.5 Å². The molecule has 1 rings (SSSR count). The van der Waals surface area contributed by atoms with E-state index in [1.165, 1.54) is 0 Å². The Labute approximate surface area is 119 Å². The lowest BCUT2D eigenvalue weighted by atomic mass is 9.86. The van der Waals surface area contributed by atoms with Crippen LogP contribution in [0, 0.1) is 5.41 Å². The molecule has 0 heterocycles. The minimum atomic E-state index is 0.178. The Morgan fingerprint density at radius 2 is 1.78 bits per heavy atom. The summed E-state index contributed by atoms with van der Waals surface area (Å²) < 4.78 is 0.999. The standard InChI is InChI=1S/C15H24BrNO/c1-10(17(6)11(2)15(3,4)5)13-9-12(16)7-8-14(13)18/h7-11,18H,1-6H3. The maximum Gasteiger partial charge on any atom is 0.120 e. The minimum absolute atomic E-state index is 0.178. The molecular weight excluding hydrogens is 290 g/mol. The predicted molar refractivity (Wildman–Crippen MR) is 80.9 cm³/mol. The van der Waals surface area contributed by atoms with Crippen molar-refractivity contribution in [1.29, 1.82) is 0 Å². The first-order valence-electron chi connectivity index (χ1n) is 6.35. The Kier molecular flexibility index (Phi) is 4.84. The van der Waals surface area contributed by atoms with Crippen LogP contribution in [0.3, 0.4) is 0 Å². The van der Waals surface area contributed by atoms with Gasteiger partial charge < -0.3 is 5.11 Å². The van der Waals surface area contributed by atoms with Crippen LogP contribution in [0.4, 0.5) is 0 Å². The third kappa shape index (κ3) is 3.48. The highest BCUT2D eigenvalue weighted by Crippen LogP contribution is 2.34. The number of nitrogens with zero attached hydrogens (tertiary/aromatic N) is 1. The van der Waals surface area contributed by atoms with Crippen LogP contribution in [0.25, 0.3) is 0 Å². The van der Waals surface area contributed by atoms with Crippen molar-refractivity contribution in [1.82, 2.24) is 4.90 Å². The van der Waals surface area contributed by atoms with Gasteiger partial charge in [0, 0.05) is 22.1 Å². The number of hydrogen-bond acceptors (Lipinski definition) is 2. The average Bonchev–Trinajstić information content (AvgIpc) is 2.28. The van der Waals surface area contributed by atoms with Crippen LogP contribution in [0.2, 0.25) is 0 Å². The minimum Gasteiger partial charge on any atom is -0.508 e. The van der Waals surface area contributed by atoms with Gasteiger partial charge in [0.1, 0.15) is 5.75 Å². The molecule has 0 spiro atoms. The van der Waals surface area contributed by atoms with E-state index < -0.39 is 0 Å². The summed E-state index contributed by atoms with van der Waals surface area (Å²) in [5.41, 5.74) is 1.17. The number of aromatic hydroxyl groups is 1. The van der Waals surface area contributed by atoms with Crippen LogP contribution in [-0.2, 0) is 0 Å². The number of hydrogen-bond donors (Lipinski definition) is 1. The number of benzene rings is 1. The Hall–Kier alpha value is -0.540. The molecule has 2 unspecified atom stereocenters. The molecule has 0 aliphatic rings. The van der Waals surface area contributed by atoms with Crippen LogP contribution in [0.5, 0.6) is 5.75 Å². The fourth-order valence-corrected chi connectivity index (χ4v) is 2.40. The predicted octanol–water partition coefficient (Wildman–Crippen LogP) is 4.58. The van der Waals surface area contributed by atoms with Crippen molar-refractivity contribution >= 4 is 15.9 Å². The van der Waals surface area contributed by atoms with E-state index in [1.807, 2.05) is 12.1 Å². The highest BCUT2D eigenvalue weighted by molar-refractivity contribution is 9.10. The summed E-state index contributed by atoms with van der Waals surface area (Å²) in [6.07, 6.45) is 0. The van der Waals surface area contributed by atoms with Gasteiger partial charge in [-0.3, -0.25) is 4.90 Å². The van der Waals surface area contributed by atoms with Crippen LogP contribution < -0.4 is 0 Å². The average molecular weight is 314 g/mol. The summed E-state index contributed by atoms with van der Waals surface area (Å²) in [5.74, 6) is 0.360. The van der Waals surface area contributed by atoms with Gasteiger partial charge in [-0.25, -0.2) is 0 Å². The maximum absolute atomic E-state index is 9.99. The summed E-state index contributed by atoms with van der Waals surface area (Å²) >= 11 is 3.46. The second-order valence-corrected chi connectivity index (χ2v) is 7.00. The zero-order chi connectivity index (χ0) is 14.1. The van der Waals surface area contributed by atoms with Crippen molar-refractivity contribution in [2.24, 2.45) is 5.41 Å². The fourth-order valence-electron chi connectivity index (χ4n) is 2.03. The first-order valence-corrected chi connectivity index (χ1v) is 7.14. The number of phenols is 1. The van der Waals surface area contributed by atoms with E-state index >= 15 is 0 Å². The maximum atomic E-state index is 9.99. The smallest absolute Gasteiger partial charge is 0.120 e.